The highest BCUT2D eigenvalue weighted by molar-refractivity contribution is 5.15. The van der Waals surface area contributed by atoms with Crippen LogP contribution in [0.2, 0.25) is 0 Å². The van der Waals surface area contributed by atoms with E-state index in [0.717, 1.165) is 38.3 Å². The molecule has 0 bridgehead atoms. The van der Waals surface area contributed by atoms with E-state index in [9.17, 15) is 4.39 Å². The fraction of sp³-hybridized carbons (Fsp3) is 0.538. The molecule has 1 aromatic carbocycles. The number of hydrogen-bond donors (Lipinski definition) is 1. The Kier molecular flexibility index (Phi) is 4.31. The van der Waals surface area contributed by atoms with Gasteiger partial charge in [-0.3, -0.25) is 0 Å². The van der Waals surface area contributed by atoms with E-state index >= 15 is 0 Å². The van der Waals surface area contributed by atoms with Crippen LogP contribution in [0.4, 0.5) is 4.39 Å². The first kappa shape index (κ1) is 11.6. The quantitative estimate of drug-likeness (QED) is 0.774. The lowest BCUT2D eigenvalue weighted by atomic mass is 10.1. The van der Waals surface area contributed by atoms with Gasteiger partial charge < -0.3 is 10.1 Å². The molecule has 1 fully saturated rings. The molecule has 2 rings (SSSR count). The van der Waals surface area contributed by atoms with Crippen LogP contribution in [-0.2, 0) is 11.3 Å². The highest BCUT2D eigenvalue weighted by atomic mass is 19.1. The molecular formula is C13H18FNO. The van der Waals surface area contributed by atoms with Crippen LogP contribution in [-0.4, -0.2) is 19.8 Å². The standard InChI is InChI=1S/C13H18FNO/c14-13-3-1-2-12(8-13)9-15-6-4-11-5-7-16-10-11/h1-3,8,11,15H,4-7,9-10H2. The molecule has 0 radical (unpaired) electrons. The van der Waals surface area contributed by atoms with E-state index in [1.54, 1.807) is 12.1 Å². The fourth-order valence-corrected chi connectivity index (χ4v) is 2.00. The molecule has 1 aromatic rings. The smallest absolute Gasteiger partial charge is 0.123 e. The van der Waals surface area contributed by atoms with Crippen molar-refractivity contribution in [1.82, 2.24) is 5.32 Å². The van der Waals surface area contributed by atoms with E-state index in [1.807, 2.05) is 6.07 Å². The van der Waals surface area contributed by atoms with Crippen LogP contribution in [0.5, 0.6) is 0 Å². The van der Waals surface area contributed by atoms with E-state index in [2.05, 4.69) is 5.32 Å². The van der Waals surface area contributed by atoms with Crippen LogP contribution in [0.25, 0.3) is 0 Å². The number of hydrogen-bond acceptors (Lipinski definition) is 2. The Morgan fingerprint density at radius 1 is 1.44 bits per heavy atom. The second-order valence-corrected chi connectivity index (χ2v) is 4.32. The number of ether oxygens (including phenoxy) is 1. The van der Waals surface area contributed by atoms with Crippen LogP contribution < -0.4 is 5.32 Å². The second-order valence-electron chi connectivity index (χ2n) is 4.32. The Morgan fingerprint density at radius 2 is 2.38 bits per heavy atom. The Labute approximate surface area is 95.8 Å². The molecule has 1 heterocycles. The van der Waals surface area contributed by atoms with Gasteiger partial charge in [0.15, 0.2) is 0 Å². The molecule has 0 amide bonds. The molecule has 1 aliphatic heterocycles. The molecule has 16 heavy (non-hydrogen) atoms. The molecule has 3 heteroatoms. The van der Waals surface area contributed by atoms with Gasteiger partial charge in [0.25, 0.3) is 0 Å². The molecule has 1 aliphatic rings. The van der Waals surface area contributed by atoms with Crippen molar-refractivity contribution >= 4 is 0 Å². The van der Waals surface area contributed by atoms with Crippen LogP contribution >= 0.6 is 0 Å². The number of nitrogens with one attached hydrogen (secondary N) is 1. The van der Waals surface area contributed by atoms with Gasteiger partial charge in [0.1, 0.15) is 5.82 Å². The zero-order valence-electron chi connectivity index (χ0n) is 9.42. The lowest BCUT2D eigenvalue weighted by Crippen LogP contribution is -2.18. The molecule has 0 aliphatic carbocycles. The van der Waals surface area contributed by atoms with Crippen LogP contribution in [0.15, 0.2) is 24.3 Å². The van der Waals surface area contributed by atoms with Crippen molar-refractivity contribution in [1.29, 1.82) is 0 Å². The average molecular weight is 223 g/mol. The van der Waals surface area contributed by atoms with Gasteiger partial charge in [-0.2, -0.15) is 0 Å². The minimum Gasteiger partial charge on any atom is -0.381 e. The summed E-state index contributed by atoms with van der Waals surface area (Å²) in [5.41, 5.74) is 1.00. The third-order valence-corrected chi connectivity index (χ3v) is 2.97. The summed E-state index contributed by atoms with van der Waals surface area (Å²) in [7, 11) is 0. The van der Waals surface area contributed by atoms with E-state index in [4.69, 9.17) is 4.74 Å². The zero-order chi connectivity index (χ0) is 11.2. The van der Waals surface area contributed by atoms with Gasteiger partial charge in [-0.1, -0.05) is 12.1 Å². The van der Waals surface area contributed by atoms with Crippen molar-refractivity contribution in [2.45, 2.75) is 19.4 Å². The third-order valence-electron chi connectivity index (χ3n) is 2.97. The molecule has 0 aromatic heterocycles. The van der Waals surface area contributed by atoms with E-state index in [1.165, 1.54) is 12.5 Å². The molecule has 0 saturated carbocycles. The van der Waals surface area contributed by atoms with Crippen molar-refractivity contribution < 1.29 is 9.13 Å². The predicted octanol–water partition coefficient (Wildman–Crippen LogP) is 2.34. The van der Waals surface area contributed by atoms with Gasteiger partial charge in [0.2, 0.25) is 0 Å². The van der Waals surface area contributed by atoms with Crippen LogP contribution in [0.1, 0.15) is 18.4 Å². The summed E-state index contributed by atoms with van der Waals surface area (Å²) in [6.45, 7) is 3.53. The molecule has 0 spiro atoms. The molecule has 88 valence electrons. The van der Waals surface area contributed by atoms with E-state index < -0.39 is 0 Å². The van der Waals surface area contributed by atoms with Crippen molar-refractivity contribution in [3.8, 4) is 0 Å². The molecule has 2 nitrogen and oxygen atoms in total. The fourth-order valence-electron chi connectivity index (χ4n) is 2.00. The Balaban J connectivity index is 1.64. The minimum atomic E-state index is -0.163. The highest BCUT2D eigenvalue weighted by Gasteiger charge is 2.14. The van der Waals surface area contributed by atoms with Gasteiger partial charge in [-0.25, -0.2) is 4.39 Å². The summed E-state index contributed by atoms with van der Waals surface area (Å²) >= 11 is 0. The first-order valence-electron chi connectivity index (χ1n) is 5.87. The lowest BCUT2D eigenvalue weighted by molar-refractivity contribution is 0.184. The van der Waals surface area contributed by atoms with Crippen molar-refractivity contribution in [3.05, 3.63) is 35.6 Å². The summed E-state index contributed by atoms with van der Waals surface area (Å²) in [4.78, 5) is 0. The summed E-state index contributed by atoms with van der Waals surface area (Å²) in [6.07, 6.45) is 2.33. The maximum absolute atomic E-state index is 12.9. The normalized spacial score (nSPS) is 20.2. The lowest BCUT2D eigenvalue weighted by Gasteiger charge is -2.08. The van der Waals surface area contributed by atoms with Crippen LogP contribution in [0.3, 0.4) is 0 Å². The van der Waals surface area contributed by atoms with Gasteiger partial charge >= 0.3 is 0 Å². The topological polar surface area (TPSA) is 21.3 Å². The first-order valence-corrected chi connectivity index (χ1v) is 5.87. The Bertz CT molecular complexity index is 323. The Hall–Kier alpha value is -0.930. The third kappa shape index (κ3) is 3.58. The monoisotopic (exact) mass is 223 g/mol. The van der Waals surface area contributed by atoms with Gasteiger partial charge in [0.05, 0.1) is 0 Å². The highest BCUT2D eigenvalue weighted by Crippen LogP contribution is 2.15. The molecule has 1 atom stereocenters. The SMILES string of the molecule is Fc1cccc(CNCCC2CCOC2)c1. The minimum absolute atomic E-state index is 0.163. The number of benzene rings is 1. The molecule has 1 saturated heterocycles. The molecule has 1 unspecified atom stereocenters. The largest absolute Gasteiger partial charge is 0.381 e. The number of rotatable bonds is 5. The van der Waals surface area contributed by atoms with Gasteiger partial charge in [-0.15, -0.1) is 0 Å². The first-order chi connectivity index (χ1) is 7.84. The average Bonchev–Trinajstić information content (AvgIpc) is 2.77. The van der Waals surface area contributed by atoms with E-state index in [0.29, 0.717) is 5.92 Å². The maximum Gasteiger partial charge on any atom is 0.123 e. The molecule has 1 N–H and O–H groups in total. The zero-order valence-corrected chi connectivity index (χ0v) is 9.42. The summed E-state index contributed by atoms with van der Waals surface area (Å²) in [5.74, 6) is 0.545. The van der Waals surface area contributed by atoms with Crippen molar-refractivity contribution in [2.75, 3.05) is 19.8 Å². The molecular weight excluding hydrogens is 205 g/mol. The van der Waals surface area contributed by atoms with E-state index in [-0.39, 0.29) is 5.82 Å². The maximum atomic E-state index is 12.9. The number of halogens is 1. The van der Waals surface area contributed by atoms with Gasteiger partial charge in [0, 0.05) is 19.8 Å². The second kappa shape index (κ2) is 5.97. The summed E-state index contributed by atoms with van der Waals surface area (Å²) < 4.78 is 18.2. The predicted molar refractivity (Wildman–Crippen MR) is 61.6 cm³/mol. The van der Waals surface area contributed by atoms with Crippen molar-refractivity contribution in [3.63, 3.8) is 0 Å². The summed E-state index contributed by atoms with van der Waals surface area (Å²) in [5, 5.41) is 3.33. The summed E-state index contributed by atoms with van der Waals surface area (Å²) in [6, 6.07) is 6.73. The van der Waals surface area contributed by atoms with Gasteiger partial charge in [-0.05, 0) is 43.0 Å². The Morgan fingerprint density at radius 3 is 3.12 bits per heavy atom. The van der Waals surface area contributed by atoms with Crippen molar-refractivity contribution in [2.24, 2.45) is 5.92 Å². The van der Waals surface area contributed by atoms with Crippen LogP contribution in [0, 0.1) is 11.7 Å².